The molecule has 4 aliphatic rings. The molecule has 0 spiro atoms. The van der Waals surface area contributed by atoms with Crippen LogP contribution in [0, 0.1) is 23.2 Å². The van der Waals surface area contributed by atoms with E-state index in [0.29, 0.717) is 41.9 Å². The van der Waals surface area contributed by atoms with Crippen LogP contribution in [0.15, 0.2) is 47.5 Å². The first kappa shape index (κ1) is 29.2. The predicted molar refractivity (Wildman–Crippen MR) is 165 cm³/mol. The Hall–Kier alpha value is -3.26. The molecular weight excluding hydrogens is 514 g/mol. The number of guanidine groups is 1. The van der Waals surface area contributed by atoms with Crippen LogP contribution >= 0.6 is 0 Å². The van der Waals surface area contributed by atoms with Crippen molar-refractivity contribution in [1.29, 1.82) is 0 Å². The first-order chi connectivity index (χ1) is 19.7. The number of carbonyl (C=O) groups is 1. The molecule has 2 aromatic carbocycles. The number of piperazine rings is 1. The number of amides is 1. The van der Waals surface area contributed by atoms with Crippen molar-refractivity contribution in [3.63, 3.8) is 0 Å². The van der Waals surface area contributed by atoms with Crippen LogP contribution in [0.2, 0.25) is 0 Å². The number of benzene rings is 2. The van der Waals surface area contributed by atoms with E-state index in [-0.39, 0.29) is 5.91 Å². The highest BCUT2D eigenvalue weighted by molar-refractivity contribution is 5.96. The second-order valence-electron chi connectivity index (χ2n) is 12.7. The topological polar surface area (TPSA) is 87.2 Å². The molecule has 1 heterocycles. The van der Waals surface area contributed by atoms with Gasteiger partial charge in [0.25, 0.3) is 5.91 Å². The molecule has 5 atom stereocenters. The second kappa shape index (κ2) is 12.3. The lowest BCUT2D eigenvalue weighted by atomic mass is 9.45. The average Bonchev–Trinajstić information content (AvgIpc) is 2.97. The number of nitrogens with one attached hydrogen (secondary N) is 3. The molecule has 1 aliphatic heterocycles. The van der Waals surface area contributed by atoms with Gasteiger partial charge in [-0.1, -0.05) is 26.8 Å². The second-order valence-corrected chi connectivity index (χ2v) is 12.7. The average molecular weight is 562 g/mol. The SMILES string of the molecule is COc1ccc(CCNC(=O)c2ccc(NC(=N[C@H]3C[C@H]4C[C@@H]([C@@H]3C)C4(C)C)N3CCN[C@@H](C)C3)cc2)c(OC)c1. The van der Waals surface area contributed by atoms with Crippen molar-refractivity contribution in [2.45, 2.75) is 59.0 Å². The van der Waals surface area contributed by atoms with Crippen LogP contribution in [-0.4, -0.2) is 69.2 Å². The minimum atomic E-state index is -0.0910. The Labute approximate surface area is 245 Å². The molecule has 3 aliphatic carbocycles. The van der Waals surface area contributed by atoms with Crippen molar-refractivity contribution in [2.75, 3.05) is 45.7 Å². The van der Waals surface area contributed by atoms with E-state index in [1.807, 2.05) is 42.5 Å². The van der Waals surface area contributed by atoms with E-state index in [9.17, 15) is 4.79 Å². The van der Waals surface area contributed by atoms with Crippen LogP contribution in [-0.2, 0) is 6.42 Å². The summed E-state index contributed by atoms with van der Waals surface area (Å²) in [5.74, 6) is 4.47. The van der Waals surface area contributed by atoms with Crippen molar-refractivity contribution in [3.05, 3.63) is 53.6 Å². The van der Waals surface area contributed by atoms with Gasteiger partial charge in [0.2, 0.25) is 0 Å². The summed E-state index contributed by atoms with van der Waals surface area (Å²) in [6.45, 7) is 12.8. The zero-order valence-corrected chi connectivity index (χ0v) is 25.5. The van der Waals surface area contributed by atoms with E-state index in [1.165, 1.54) is 12.8 Å². The Morgan fingerprint density at radius 2 is 1.88 bits per heavy atom. The molecule has 3 N–H and O–H groups in total. The summed E-state index contributed by atoms with van der Waals surface area (Å²) < 4.78 is 10.8. The molecule has 0 unspecified atom stereocenters. The monoisotopic (exact) mass is 561 g/mol. The van der Waals surface area contributed by atoms with Crippen LogP contribution in [0.25, 0.3) is 0 Å². The molecule has 41 heavy (non-hydrogen) atoms. The minimum Gasteiger partial charge on any atom is -0.497 e. The van der Waals surface area contributed by atoms with Crippen molar-refractivity contribution in [1.82, 2.24) is 15.5 Å². The van der Waals surface area contributed by atoms with Gasteiger partial charge in [0.15, 0.2) is 5.96 Å². The number of hydrogen-bond donors (Lipinski definition) is 3. The Morgan fingerprint density at radius 3 is 2.54 bits per heavy atom. The smallest absolute Gasteiger partial charge is 0.251 e. The number of carbonyl (C=O) groups excluding carboxylic acids is 1. The van der Waals surface area contributed by atoms with Crippen molar-refractivity contribution in [2.24, 2.45) is 28.2 Å². The van der Waals surface area contributed by atoms with Crippen LogP contribution in [0.4, 0.5) is 5.69 Å². The van der Waals surface area contributed by atoms with Gasteiger partial charge in [-0.15, -0.1) is 0 Å². The van der Waals surface area contributed by atoms with E-state index in [0.717, 1.165) is 60.2 Å². The van der Waals surface area contributed by atoms with E-state index < -0.39 is 0 Å². The Bertz CT molecular complexity index is 1240. The Morgan fingerprint density at radius 1 is 1.10 bits per heavy atom. The lowest BCUT2D eigenvalue weighted by Crippen LogP contribution is -2.57. The summed E-state index contributed by atoms with van der Waals surface area (Å²) >= 11 is 0. The number of hydrogen-bond acceptors (Lipinski definition) is 5. The predicted octanol–water partition coefficient (Wildman–Crippen LogP) is 4.81. The standard InChI is InChI=1S/C33H47N5O3/c1-21-20-38(16-15-34-21)32(37-29-18-25-17-28(22(29)2)33(25,3)4)36-26-10-7-24(8-11-26)31(39)35-14-13-23-9-12-27(40-5)19-30(23)41-6/h7-12,19,21-22,25,28-29,34H,13-18,20H2,1-6H3,(H,35,39)(H,36,37)/t21-,22-,25+,28-,29-/m0/s1. The Balaban J connectivity index is 1.22. The highest BCUT2D eigenvalue weighted by Crippen LogP contribution is 2.61. The normalized spacial score (nSPS) is 27.0. The van der Waals surface area contributed by atoms with Gasteiger partial charge in [-0.25, -0.2) is 4.99 Å². The number of aliphatic imine (C=N–C) groups is 1. The fourth-order valence-electron chi connectivity index (χ4n) is 7.07. The third-order valence-electron chi connectivity index (χ3n) is 9.85. The van der Waals surface area contributed by atoms with Gasteiger partial charge in [-0.05, 0) is 85.3 Å². The molecule has 0 aromatic heterocycles. The van der Waals surface area contributed by atoms with E-state index in [1.54, 1.807) is 14.2 Å². The van der Waals surface area contributed by atoms with Crippen LogP contribution in [0.3, 0.4) is 0 Å². The van der Waals surface area contributed by atoms with Crippen LogP contribution in [0.1, 0.15) is 56.5 Å². The molecule has 2 bridgehead atoms. The summed E-state index contributed by atoms with van der Waals surface area (Å²) in [5, 5.41) is 10.2. The van der Waals surface area contributed by atoms with Crippen LogP contribution < -0.4 is 25.4 Å². The number of anilines is 1. The first-order valence-corrected chi connectivity index (χ1v) is 15.1. The van der Waals surface area contributed by atoms with Gasteiger partial charge >= 0.3 is 0 Å². The summed E-state index contributed by atoms with van der Waals surface area (Å²) in [7, 11) is 3.28. The van der Waals surface area contributed by atoms with E-state index in [2.05, 4.69) is 48.5 Å². The number of methoxy groups -OCH3 is 2. The fraction of sp³-hybridized carbons (Fsp3) is 0.576. The maximum absolute atomic E-state index is 12.9. The third kappa shape index (κ3) is 6.32. The molecular formula is C33H47N5O3. The van der Waals surface area contributed by atoms with Gasteiger partial charge in [0, 0.05) is 49.5 Å². The zero-order valence-electron chi connectivity index (χ0n) is 25.5. The number of fused-ring (bicyclic) bond motifs is 2. The fourth-order valence-corrected chi connectivity index (χ4v) is 7.07. The summed E-state index contributed by atoms with van der Waals surface area (Å²) in [5.41, 5.74) is 3.05. The van der Waals surface area contributed by atoms with Crippen molar-refractivity contribution in [3.8, 4) is 11.5 Å². The van der Waals surface area contributed by atoms with Gasteiger partial charge in [-0.2, -0.15) is 0 Å². The lowest BCUT2D eigenvalue weighted by molar-refractivity contribution is -0.108. The highest BCUT2D eigenvalue weighted by Gasteiger charge is 2.56. The Kier molecular flexibility index (Phi) is 8.78. The van der Waals surface area contributed by atoms with Gasteiger partial charge in [-0.3, -0.25) is 4.79 Å². The molecule has 1 amide bonds. The molecule has 2 aromatic rings. The minimum absolute atomic E-state index is 0.0910. The van der Waals surface area contributed by atoms with E-state index >= 15 is 0 Å². The maximum atomic E-state index is 12.9. The van der Waals surface area contributed by atoms with Gasteiger partial charge in [0.1, 0.15) is 11.5 Å². The lowest BCUT2D eigenvalue weighted by Gasteiger charge is -2.61. The van der Waals surface area contributed by atoms with Crippen LogP contribution in [0.5, 0.6) is 11.5 Å². The molecule has 8 nitrogen and oxygen atoms in total. The maximum Gasteiger partial charge on any atom is 0.251 e. The molecule has 4 fully saturated rings. The highest BCUT2D eigenvalue weighted by atomic mass is 16.5. The van der Waals surface area contributed by atoms with Crippen molar-refractivity contribution < 1.29 is 14.3 Å². The molecule has 8 heteroatoms. The number of rotatable bonds is 8. The van der Waals surface area contributed by atoms with E-state index in [4.69, 9.17) is 14.5 Å². The molecule has 1 saturated heterocycles. The summed E-state index contributed by atoms with van der Waals surface area (Å²) in [6.07, 6.45) is 3.18. The molecule has 3 saturated carbocycles. The quantitative estimate of drug-likeness (QED) is 0.317. The summed E-state index contributed by atoms with van der Waals surface area (Å²) in [6, 6.07) is 14.2. The largest absolute Gasteiger partial charge is 0.497 e. The zero-order chi connectivity index (χ0) is 29.1. The molecule has 222 valence electrons. The third-order valence-corrected chi connectivity index (χ3v) is 9.85. The number of ether oxygens (including phenoxy) is 2. The van der Waals surface area contributed by atoms with Gasteiger partial charge in [0.05, 0.1) is 20.3 Å². The molecule has 0 radical (unpaired) electrons. The first-order valence-electron chi connectivity index (χ1n) is 15.1. The number of nitrogens with zero attached hydrogens (tertiary/aromatic N) is 2. The molecule has 6 rings (SSSR count). The summed E-state index contributed by atoms with van der Waals surface area (Å²) in [4.78, 5) is 20.6. The van der Waals surface area contributed by atoms with Crippen molar-refractivity contribution >= 4 is 17.6 Å². The van der Waals surface area contributed by atoms with Gasteiger partial charge < -0.3 is 30.3 Å².